The molecule has 0 aromatic carbocycles. The number of hydrogen-bond donors (Lipinski definition) is 1. The summed E-state index contributed by atoms with van der Waals surface area (Å²) in [4.78, 5) is 15.0. The molecule has 1 N–H and O–H groups in total. The summed E-state index contributed by atoms with van der Waals surface area (Å²) in [6.45, 7) is 5.76. The fraction of sp³-hybridized carbons (Fsp3) is 0.857. The number of nitrogens with one attached hydrogen (secondary N) is 1. The fourth-order valence-corrected chi connectivity index (χ4v) is 0.395. The Labute approximate surface area is 66.8 Å². The molecule has 0 bridgehead atoms. The topological polar surface area (TPSA) is 47.6 Å². The molecule has 0 fully saturated rings. The average molecular weight is 161 g/mol. The van der Waals surface area contributed by atoms with Crippen LogP contribution in [0.4, 0.5) is 4.79 Å². The van der Waals surface area contributed by atoms with Crippen molar-refractivity contribution in [3.63, 3.8) is 0 Å². The van der Waals surface area contributed by atoms with Gasteiger partial charge in [-0.15, -0.1) is 0 Å². The molecule has 0 saturated heterocycles. The molecule has 11 heavy (non-hydrogen) atoms. The third-order valence-corrected chi connectivity index (χ3v) is 1.41. The van der Waals surface area contributed by atoms with Crippen molar-refractivity contribution in [2.75, 3.05) is 7.05 Å². The Balaban J connectivity index is 3.57. The third-order valence-electron chi connectivity index (χ3n) is 1.41. The van der Waals surface area contributed by atoms with Gasteiger partial charge >= 0.3 is 6.16 Å². The van der Waals surface area contributed by atoms with E-state index in [9.17, 15) is 4.79 Å². The van der Waals surface area contributed by atoms with Crippen molar-refractivity contribution in [2.45, 2.75) is 26.9 Å². The zero-order valence-corrected chi connectivity index (χ0v) is 7.38. The molecule has 0 aromatic heterocycles. The summed E-state index contributed by atoms with van der Waals surface area (Å²) in [6, 6.07) is 0. The van der Waals surface area contributed by atoms with Crippen LogP contribution in [0.1, 0.15) is 20.8 Å². The quantitative estimate of drug-likeness (QED) is 0.501. The fourth-order valence-electron chi connectivity index (χ4n) is 0.395. The van der Waals surface area contributed by atoms with Gasteiger partial charge in [0.1, 0.15) is 6.10 Å². The Hall–Kier alpha value is -0.770. The molecule has 0 aromatic rings. The highest BCUT2D eigenvalue weighted by Gasteiger charge is 2.13. The molecule has 0 radical (unpaired) electrons. The van der Waals surface area contributed by atoms with Crippen molar-refractivity contribution in [1.82, 2.24) is 5.48 Å². The predicted octanol–water partition coefficient (Wildman–Crippen LogP) is 1.32. The van der Waals surface area contributed by atoms with Crippen LogP contribution in [0.15, 0.2) is 0 Å². The highest BCUT2D eigenvalue weighted by Crippen LogP contribution is 2.05. The SMILES string of the molecule is CNOC(=O)OC(C)C(C)C. The molecule has 1 atom stereocenters. The Bertz CT molecular complexity index is 125. The Morgan fingerprint density at radius 1 is 1.36 bits per heavy atom. The molecular weight excluding hydrogens is 146 g/mol. The van der Waals surface area contributed by atoms with E-state index in [0.717, 1.165) is 0 Å². The number of ether oxygens (including phenoxy) is 1. The first-order chi connectivity index (χ1) is 5.07. The van der Waals surface area contributed by atoms with E-state index >= 15 is 0 Å². The molecule has 66 valence electrons. The molecular formula is C7H15NO3. The van der Waals surface area contributed by atoms with E-state index in [1.807, 2.05) is 20.8 Å². The van der Waals surface area contributed by atoms with Crippen LogP contribution in [-0.4, -0.2) is 19.3 Å². The van der Waals surface area contributed by atoms with Crippen molar-refractivity contribution >= 4 is 6.16 Å². The molecule has 4 nitrogen and oxygen atoms in total. The minimum Gasteiger partial charge on any atom is -0.430 e. The first-order valence-corrected chi connectivity index (χ1v) is 3.62. The summed E-state index contributed by atoms with van der Waals surface area (Å²) in [6.07, 6.45) is -0.801. The summed E-state index contributed by atoms with van der Waals surface area (Å²) in [5.41, 5.74) is 2.24. The summed E-state index contributed by atoms with van der Waals surface area (Å²) < 4.78 is 4.83. The second-order valence-corrected chi connectivity index (χ2v) is 2.62. The first-order valence-electron chi connectivity index (χ1n) is 3.62. The first kappa shape index (κ1) is 10.2. The van der Waals surface area contributed by atoms with E-state index in [1.54, 1.807) is 0 Å². The zero-order chi connectivity index (χ0) is 8.85. The average Bonchev–Trinajstić information content (AvgIpc) is 1.87. The van der Waals surface area contributed by atoms with E-state index in [1.165, 1.54) is 7.05 Å². The number of rotatable bonds is 3. The van der Waals surface area contributed by atoms with Gasteiger partial charge in [-0.1, -0.05) is 13.8 Å². The third kappa shape index (κ3) is 4.61. The van der Waals surface area contributed by atoms with Gasteiger partial charge in [-0.3, -0.25) is 0 Å². The molecule has 0 aliphatic rings. The Kier molecular flexibility index (Phi) is 4.61. The summed E-state index contributed by atoms with van der Waals surface area (Å²) >= 11 is 0. The number of carbonyl (C=O) groups excluding carboxylic acids is 1. The lowest BCUT2D eigenvalue weighted by molar-refractivity contribution is -0.00828. The van der Waals surface area contributed by atoms with Crippen LogP contribution in [0.25, 0.3) is 0 Å². The van der Waals surface area contributed by atoms with Crippen LogP contribution in [0.5, 0.6) is 0 Å². The largest absolute Gasteiger partial charge is 0.527 e. The van der Waals surface area contributed by atoms with E-state index < -0.39 is 6.16 Å². The summed E-state index contributed by atoms with van der Waals surface area (Å²) in [7, 11) is 1.50. The normalized spacial score (nSPS) is 12.8. The molecule has 0 spiro atoms. The predicted molar refractivity (Wildman–Crippen MR) is 40.9 cm³/mol. The molecule has 0 aliphatic carbocycles. The van der Waals surface area contributed by atoms with Crippen LogP contribution < -0.4 is 5.48 Å². The monoisotopic (exact) mass is 161 g/mol. The van der Waals surface area contributed by atoms with Crippen molar-refractivity contribution in [2.24, 2.45) is 5.92 Å². The minimum atomic E-state index is -0.686. The molecule has 0 aliphatic heterocycles. The van der Waals surface area contributed by atoms with Crippen LogP contribution in [0, 0.1) is 5.92 Å². The van der Waals surface area contributed by atoms with E-state index in [0.29, 0.717) is 5.92 Å². The highest BCUT2D eigenvalue weighted by molar-refractivity contribution is 5.59. The lowest BCUT2D eigenvalue weighted by Crippen LogP contribution is -2.24. The van der Waals surface area contributed by atoms with Crippen LogP contribution in [-0.2, 0) is 9.57 Å². The standard InChI is InChI=1S/C7H15NO3/c1-5(2)6(3)10-7(9)11-8-4/h5-6,8H,1-4H3. The van der Waals surface area contributed by atoms with Gasteiger partial charge in [0.2, 0.25) is 0 Å². The molecule has 0 saturated carbocycles. The van der Waals surface area contributed by atoms with Crippen molar-refractivity contribution in [1.29, 1.82) is 0 Å². The maximum Gasteiger partial charge on any atom is 0.527 e. The van der Waals surface area contributed by atoms with Gasteiger partial charge in [0.25, 0.3) is 0 Å². The molecule has 0 amide bonds. The van der Waals surface area contributed by atoms with Gasteiger partial charge in [-0.05, 0) is 12.8 Å². The van der Waals surface area contributed by atoms with E-state index in [4.69, 9.17) is 4.74 Å². The minimum absolute atomic E-state index is 0.115. The van der Waals surface area contributed by atoms with Gasteiger partial charge in [-0.2, -0.15) is 5.48 Å². The smallest absolute Gasteiger partial charge is 0.430 e. The molecule has 0 heterocycles. The Morgan fingerprint density at radius 3 is 2.27 bits per heavy atom. The van der Waals surface area contributed by atoms with E-state index in [-0.39, 0.29) is 6.10 Å². The lowest BCUT2D eigenvalue weighted by atomic mass is 10.1. The number of hydrogen-bond acceptors (Lipinski definition) is 4. The second-order valence-electron chi connectivity index (χ2n) is 2.62. The molecule has 4 heteroatoms. The van der Waals surface area contributed by atoms with Gasteiger partial charge in [-0.25, -0.2) is 4.79 Å². The summed E-state index contributed by atoms with van der Waals surface area (Å²) in [5, 5.41) is 0. The van der Waals surface area contributed by atoms with Gasteiger partial charge < -0.3 is 9.57 Å². The Morgan fingerprint density at radius 2 is 1.91 bits per heavy atom. The van der Waals surface area contributed by atoms with Crippen molar-refractivity contribution in [3.8, 4) is 0 Å². The number of hydroxylamine groups is 1. The van der Waals surface area contributed by atoms with Crippen LogP contribution in [0.2, 0.25) is 0 Å². The maximum atomic E-state index is 10.7. The molecule has 1 unspecified atom stereocenters. The second kappa shape index (κ2) is 4.96. The molecule has 0 rings (SSSR count). The summed E-state index contributed by atoms with van der Waals surface area (Å²) in [5.74, 6) is 0.305. The maximum absolute atomic E-state index is 10.7. The lowest BCUT2D eigenvalue weighted by Gasteiger charge is -2.15. The van der Waals surface area contributed by atoms with Gasteiger partial charge in [0.05, 0.1) is 0 Å². The van der Waals surface area contributed by atoms with Crippen molar-refractivity contribution < 1.29 is 14.4 Å². The zero-order valence-electron chi connectivity index (χ0n) is 7.38. The van der Waals surface area contributed by atoms with Crippen LogP contribution in [0.3, 0.4) is 0 Å². The highest BCUT2D eigenvalue weighted by atomic mass is 16.8. The van der Waals surface area contributed by atoms with E-state index in [2.05, 4.69) is 10.3 Å². The number of carbonyl (C=O) groups is 1. The van der Waals surface area contributed by atoms with Gasteiger partial charge in [0, 0.05) is 7.05 Å². The van der Waals surface area contributed by atoms with Crippen LogP contribution >= 0.6 is 0 Å². The van der Waals surface area contributed by atoms with Gasteiger partial charge in [0.15, 0.2) is 0 Å². The van der Waals surface area contributed by atoms with Crippen molar-refractivity contribution in [3.05, 3.63) is 0 Å².